The van der Waals surface area contributed by atoms with Crippen LogP contribution >= 0.6 is 35.3 Å². The fraction of sp³-hybridized carbons (Fsp3) is 0.550. The van der Waals surface area contributed by atoms with E-state index in [1.165, 1.54) is 10.4 Å². The van der Waals surface area contributed by atoms with Crippen LogP contribution in [0, 0.1) is 6.92 Å². The highest BCUT2D eigenvalue weighted by Gasteiger charge is 2.16. The zero-order valence-corrected chi connectivity index (χ0v) is 20.7. The highest BCUT2D eigenvalue weighted by molar-refractivity contribution is 14.0. The Kier molecular flexibility index (Phi) is 10.1. The SMILES string of the molecule is CCNC(=NCc1ccnc(N2CCN(CC)CC2)c1)NCc1ncc(C)s1.I. The molecule has 160 valence electrons. The number of nitrogens with one attached hydrogen (secondary N) is 2. The van der Waals surface area contributed by atoms with Gasteiger partial charge in [0.25, 0.3) is 0 Å². The third-order valence-electron chi connectivity index (χ3n) is 4.79. The van der Waals surface area contributed by atoms with Gasteiger partial charge in [0.2, 0.25) is 0 Å². The standard InChI is InChI=1S/C20H31N7S.HI/c1-4-21-20(25-15-19-23-13-16(3)28-19)24-14-17-6-7-22-18(12-17)27-10-8-26(5-2)9-11-27;/h6-7,12-13H,4-5,8-11,14-15H2,1-3H3,(H2,21,24,25);1H. The molecule has 0 saturated carbocycles. The summed E-state index contributed by atoms with van der Waals surface area (Å²) in [7, 11) is 0. The van der Waals surface area contributed by atoms with Gasteiger partial charge >= 0.3 is 0 Å². The molecule has 0 spiro atoms. The number of hydrogen-bond acceptors (Lipinski definition) is 6. The molecule has 0 atom stereocenters. The van der Waals surface area contributed by atoms with Crippen molar-refractivity contribution < 1.29 is 0 Å². The Morgan fingerprint density at radius 3 is 2.62 bits per heavy atom. The molecule has 2 aromatic rings. The van der Waals surface area contributed by atoms with Gasteiger partial charge in [-0.2, -0.15) is 0 Å². The van der Waals surface area contributed by atoms with Crippen LogP contribution < -0.4 is 15.5 Å². The van der Waals surface area contributed by atoms with Gasteiger partial charge in [-0.05, 0) is 38.1 Å². The maximum Gasteiger partial charge on any atom is 0.191 e. The number of aryl methyl sites for hydroxylation is 1. The summed E-state index contributed by atoms with van der Waals surface area (Å²) in [5.74, 6) is 1.87. The number of guanidine groups is 1. The number of likely N-dealkylation sites (N-methyl/N-ethyl adjacent to an activating group) is 1. The summed E-state index contributed by atoms with van der Waals surface area (Å²) in [4.78, 5) is 19.8. The summed E-state index contributed by atoms with van der Waals surface area (Å²) in [5.41, 5.74) is 1.17. The summed E-state index contributed by atoms with van der Waals surface area (Å²) < 4.78 is 0. The van der Waals surface area contributed by atoms with E-state index in [0.717, 1.165) is 56.1 Å². The van der Waals surface area contributed by atoms with Crippen LogP contribution in [-0.4, -0.2) is 60.1 Å². The maximum absolute atomic E-state index is 4.73. The van der Waals surface area contributed by atoms with Gasteiger partial charge in [-0.3, -0.25) is 0 Å². The first-order valence-electron chi connectivity index (χ1n) is 10.0. The van der Waals surface area contributed by atoms with Crippen LogP contribution in [0.5, 0.6) is 0 Å². The molecule has 29 heavy (non-hydrogen) atoms. The summed E-state index contributed by atoms with van der Waals surface area (Å²) >= 11 is 1.71. The third-order valence-corrected chi connectivity index (χ3v) is 5.71. The van der Waals surface area contributed by atoms with Gasteiger partial charge in [-0.15, -0.1) is 35.3 Å². The molecular formula is C20H32IN7S. The molecule has 2 aromatic heterocycles. The van der Waals surface area contributed by atoms with Crippen molar-refractivity contribution in [2.24, 2.45) is 4.99 Å². The van der Waals surface area contributed by atoms with Gasteiger partial charge in [-0.1, -0.05) is 6.92 Å². The molecule has 0 radical (unpaired) electrons. The molecule has 0 unspecified atom stereocenters. The Balaban J connectivity index is 0.00000300. The number of thiazole rings is 1. The van der Waals surface area contributed by atoms with Gasteiger partial charge in [0.15, 0.2) is 5.96 Å². The Hall–Kier alpha value is -1.46. The first kappa shape index (κ1) is 23.8. The van der Waals surface area contributed by atoms with Crippen LogP contribution in [0.15, 0.2) is 29.5 Å². The summed E-state index contributed by atoms with van der Waals surface area (Å²) in [6.45, 7) is 13.9. The second-order valence-electron chi connectivity index (χ2n) is 6.86. The molecule has 1 aliphatic rings. The van der Waals surface area contributed by atoms with E-state index in [9.17, 15) is 0 Å². The van der Waals surface area contributed by atoms with Crippen LogP contribution in [0.4, 0.5) is 5.82 Å². The predicted octanol–water partition coefficient (Wildman–Crippen LogP) is 2.86. The minimum atomic E-state index is 0. The van der Waals surface area contributed by atoms with Crippen LogP contribution in [0.1, 0.15) is 29.3 Å². The summed E-state index contributed by atoms with van der Waals surface area (Å²) in [6.07, 6.45) is 3.80. The van der Waals surface area contributed by atoms with Gasteiger partial charge in [0.1, 0.15) is 10.8 Å². The van der Waals surface area contributed by atoms with Crippen molar-refractivity contribution in [2.45, 2.75) is 33.9 Å². The van der Waals surface area contributed by atoms with Gasteiger partial charge in [0.05, 0.1) is 13.1 Å². The molecule has 3 rings (SSSR count). The monoisotopic (exact) mass is 529 g/mol. The van der Waals surface area contributed by atoms with E-state index < -0.39 is 0 Å². The molecule has 0 bridgehead atoms. The van der Waals surface area contributed by atoms with E-state index >= 15 is 0 Å². The Morgan fingerprint density at radius 2 is 1.97 bits per heavy atom. The van der Waals surface area contributed by atoms with Crippen LogP contribution in [0.25, 0.3) is 0 Å². The molecule has 1 saturated heterocycles. The topological polar surface area (TPSA) is 68.7 Å². The van der Waals surface area contributed by atoms with Crippen LogP contribution in [0.2, 0.25) is 0 Å². The number of anilines is 1. The van der Waals surface area contributed by atoms with Crippen molar-refractivity contribution in [3.63, 3.8) is 0 Å². The van der Waals surface area contributed by atoms with Crippen LogP contribution in [-0.2, 0) is 13.1 Å². The van der Waals surface area contributed by atoms with Crippen molar-refractivity contribution in [1.82, 2.24) is 25.5 Å². The number of halogens is 1. The summed E-state index contributed by atoms with van der Waals surface area (Å²) in [5, 5.41) is 7.74. The lowest BCUT2D eigenvalue weighted by Gasteiger charge is -2.34. The van der Waals surface area contributed by atoms with Gasteiger partial charge < -0.3 is 20.4 Å². The lowest BCUT2D eigenvalue weighted by Crippen LogP contribution is -2.46. The molecule has 7 nitrogen and oxygen atoms in total. The molecule has 0 aliphatic carbocycles. The molecule has 9 heteroatoms. The highest BCUT2D eigenvalue weighted by Crippen LogP contribution is 2.16. The maximum atomic E-state index is 4.73. The number of hydrogen-bond donors (Lipinski definition) is 2. The van der Waals surface area contributed by atoms with E-state index in [1.54, 1.807) is 11.3 Å². The molecule has 1 aliphatic heterocycles. The average molecular weight is 529 g/mol. The molecule has 0 amide bonds. The van der Waals surface area contributed by atoms with Crippen LogP contribution in [0.3, 0.4) is 0 Å². The number of aliphatic imine (C=N–C) groups is 1. The number of piperazine rings is 1. The van der Waals surface area contributed by atoms with Crippen molar-refractivity contribution in [1.29, 1.82) is 0 Å². The second kappa shape index (κ2) is 12.3. The van der Waals surface area contributed by atoms with Gasteiger partial charge in [0, 0.05) is 50.0 Å². The van der Waals surface area contributed by atoms with E-state index in [4.69, 9.17) is 4.99 Å². The number of pyridine rings is 1. The molecule has 2 N–H and O–H groups in total. The largest absolute Gasteiger partial charge is 0.357 e. The predicted molar refractivity (Wildman–Crippen MR) is 132 cm³/mol. The Labute approximate surface area is 195 Å². The number of nitrogens with zero attached hydrogens (tertiary/aromatic N) is 5. The third kappa shape index (κ3) is 7.38. The average Bonchev–Trinajstić information content (AvgIpc) is 3.15. The van der Waals surface area contributed by atoms with E-state index in [-0.39, 0.29) is 24.0 Å². The van der Waals surface area contributed by atoms with Gasteiger partial charge in [-0.25, -0.2) is 15.0 Å². The zero-order chi connectivity index (χ0) is 19.8. The fourth-order valence-electron chi connectivity index (χ4n) is 3.18. The fourth-order valence-corrected chi connectivity index (χ4v) is 3.91. The molecule has 1 fully saturated rings. The van der Waals surface area contributed by atoms with Crippen molar-refractivity contribution in [3.05, 3.63) is 40.0 Å². The lowest BCUT2D eigenvalue weighted by molar-refractivity contribution is 0.270. The van der Waals surface area contributed by atoms with E-state index in [2.05, 4.69) is 57.2 Å². The van der Waals surface area contributed by atoms with E-state index in [1.807, 2.05) is 18.5 Å². The van der Waals surface area contributed by atoms with Crippen molar-refractivity contribution >= 4 is 47.1 Å². The second-order valence-corrected chi connectivity index (χ2v) is 8.18. The Bertz CT molecular complexity index is 772. The smallest absolute Gasteiger partial charge is 0.191 e. The molecule has 0 aromatic carbocycles. The first-order valence-corrected chi connectivity index (χ1v) is 10.8. The minimum absolute atomic E-state index is 0. The van der Waals surface area contributed by atoms with E-state index in [0.29, 0.717) is 13.1 Å². The number of aromatic nitrogens is 2. The lowest BCUT2D eigenvalue weighted by atomic mass is 10.2. The van der Waals surface area contributed by atoms with Crippen molar-refractivity contribution in [3.8, 4) is 0 Å². The highest BCUT2D eigenvalue weighted by atomic mass is 127. The quantitative estimate of drug-likeness (QED) is 0.327. The normalized spacial score (nSPS) is 15.1. The Morgan fingerprint density at radius 1 is 1.17 bits per heavy atom. The molecular weight excluding hydrogens is 497 g/mol. The molecule has 3 heterocycles. The zero-order valence-electron chi connectivity index (χ0n) is 17.5. The summed E-state index contributed by atoms with van der Waals surface area (Å²) in [6, 6.07) is 4.21. The first-order chi connectivity index (χ1) is 13.7. The minimum Gasteiger partial charge on any atom is -0.357 e. The van der Waals surface area contributed by atoms with Crippen molar-refractivity contribution in [2.75, 3.05) is 44.2 Å². The number of rotatable bonds is 7.